The molecule has 6 heteroatoms. The summed E-state index contributed by atoms with van der Waals surface area (Å²) in [5.74, 6) is 2.44. The summed E-state index contributed by atoms with van der Waals surface area (Å²) >= 11 is 1.62. The first-order valence-electron chi connectivity index (χ1n) is 8.27. The Balaban J connectivity index is 1.41. The number of aromatic nitrogens is 1. The largest absolute Gasteiger partial charge is 0.353 e. The molecule has 128 valence electrons. The quantitative estimate of drug-likeness (QED) is 0.828. The van der Waals surface area contributed by atoms with E-state index in [9.17, 15) is 4.79 Å². The summed E-state index contributed by atoms with van der Waals surface area (Å²) in [7, 11) is 0. The lowest BCUT2D eigenvalue weighted by atomic mass is 10.2. The van der Waals surface area contributed by atoms with Crippen molar-refractivity contribution in [2.45, 2.75) is 5.75 Å². The average molecular weight is 352 g/mol. The molecule has 5 nitrogen and oxygen atoms in total. The second kappa shape index (κ2) is 8.54. The molecule has 3 rings (SSSR count). The summed E-state index contributed by atoms with van der Waals surface area (Å²) < 4.78 is 0. The average Bonchev–Trinajstić information content (AvgIpc) is 2.69. The van der Waals surface area contributed by atoms with Gasteiger partial charge in [0.05, 0.1) is 17.4 Å². The van der Waals surface area contributed by atoms with Crippen LogP contribution in [0.25, 0.3) is 0 Å². The molecule has 1 aromatic heterocycles. The third-order valence-electron chi connectivity index (χ3n) is 4.18. The molecule has 0 spiro atoms. The summed E-state index contributed by atoms with van der Waals surface area (Å²) in [5.41, 5.74) is 1.80. The molecular formula is C19H20N4OS. The summed E-state index contributed by atoms with van der Waals surface area (Å²) in [6.45, 7) is 3.13. The fraction of sp³-hybridized carbons (Fsp3) is 0.316. The fourth-order valence-corrected chi connectivity index (χ4v) is 3.64. The molecule has 1 fully saturated rings. The van der Waals surface area contributed by atoms with Crippen molar-refractivity contribution in [3.63, 3.8) is 0 Å². The minimum absolute atomic E-state index is 0.194. The summed E-state index contributed by atoms with van der Waals surface area (Å²) in [6.07, 6.45) is 1.80. The van der Waals surface area contributed by atoms with Crippen molar-refractivity contribution in [1.29, 1.82) is 5.26 Å². The molecule has 2 aromatic rings. The topological polar surface area (TPSA) is 60.2 Å². The minimum atomic E-state index is 0.194. The van der Waals surface area contributed by atoms with E-state index in [2.05, 4.69) is 16.0 Å². The standard InChI is InChI=1S/C19H20N4OS/c20-13-16-4-6-17(7-5-16)14-25-15-19(24)23-11-9-22(10-12-23)18-3-1-2-8-21-18/h1-8H,9-12,14-15H2. The van der Waals surface area contributed by atoms with Crippen LogP contribution in [-0.4, -0.2) is 47.7 Å². The predicted molar refractivity (Wildman–Crippen MR) is 100 cm³/mol. The van der Waals surface area contributed by atoms with Gasteiger partial charge in [-0.25, -0.2) is 4.98 Å². The van der Waals surface area contributed by atoms with Crippen molar-refractivity contribution in [3.8, 4) is 6.07 Å². The van der Waals surface area contributed by atoms with Crippen LogP contribution in [0.5, 0.6) is 0 Å². The van der Waals surface area contributed by atoms with E-state index in [4.69, 9.17) is 5.26 Å². The zero-order valence-electron chi connectivity index (χ0n) is 14.0. The van der Waals surface area contributed by atoms with Gasteiger partial charge in [-0.15, -0.1) is 11.8 Å². The number of amides is 1. The molecule has 0 atom stereocenters. The first-order valence-corrected chi connectivity index (χ1v) is 9.42. The van der Waals surface area contributed by atoms with Gasteiger partial charge >= 0.3 is 0 Å². The van der Waals surface area contributed by atoms with Gasteiger partial charge < -0.3 is 9.80 Å². The highest BCUT2D eigenvalue weighted by Gasteiger charge is 2.21. The monoisotopic (exact) mass is 352 g/mol. The van der Waals surface area contributed by atoms with E-state index in [-0.39, 0.29) is 5.91 Å². The van der Waals surface area contributed by atoms with Crippen LogP contribution in [0, 0.1) is 11.3 Å². The van der Waals surface area contributed by atoms with Crippen molar-refractivity contribution >= 4 is 23.5 Å². The Morgan fingerprint density at radius 3 is 2.52 bits per heavy atom. The Labute approximate surface area is 152 Å². The molecule has 0 aliphatic carbocycles. The highest BCUT2D eigenvalue weighted by atomic mass is 32.2. The van der Waals surface area contributed by atoms with Crippen LogP contribution < -0.4 is 4.90 Å². The van der Waals surface area contributed by atoms with Crippen molar-refractivity contribution in [3.05, 3.63) is 59.8 Å². The Bertz CT molecular complexity index is 734. The first-order chi connectivity index (χ1) is 12.3. The highest BCUT2D eigenvalue weighted by Crippen LogP contribution is 2.16. The van der Waals surface area contributed by atoms with E-state index >= 15 is 0 Å². The van der Waals surface area contributed by atoms with Gasteiger partial charge in [0, 0.05) is 38.1 Å². The summed E-state index contributed by atoms with van der Waals surface area (Å²) in [5, 5.41) is 8.80. The Kier molecular flexibility index (Phi) is 5.91. The molecule has 2 heterocycles. The van der Waals surface area contributed by atoms with Crippen LogP contribution in [-0.2, 0) is 10.5 Å². The second-order valence-electron chi connectivity index (χ2n) is 5.86. The third-order valence-corrected chi connectivity index (χ3v) is 5.17. The first kappa shape index (κ1) is 17.3. The number of nitrogens with zero attached hydrogens (tertiary/aromatic N) is 4. The molecule has 0 saturated carbocycles. The Hall–Kier alpha value is -2.52. The molecule has 0 N–H and O–H groups in total. The van der Waals surface area contributed by atoms with Crippen molar-refractivity contribution in [2.75, 3.05) is 36.8 Å². The maximum Gasteiger partial charge on any atom is 0.232 e. The number of hydrogen-bond donors (Lipinski definition) is 0. The van der Waals surface area contributed by atoms with Gasteiger partial charge in [0.25, 0.3) is 0 Å². The van der Waals surface area contributed by atoms with E-state index in [1.807, 2.05) is 47.4 Å². The third kappa shape index (κ3) is 4.74. The number of anilines is 1. The smallest absolute Gasteiger partial charge is 0.232 e. The number of carbonyl (C=O) groups excluding carboxylic acids is 1. The van der Waals surface area contributed by atoms with E-state index in [0.29, 0.717) is 11.3 Å². The fourth-order valence-electron chi connectivity index (χ4n) is 2.75. The zero-order valence-corrected chi connectivity index (χ0v) is 14.8. The number of rotatable bonds is 5. The number of thioether (sulfide) groups is 1. The summed E-state index contributed by atoms with van der Waals surface area (Å²) in [4.78, 5) is 20.9. The molecule has 1 amide bonds. The second-order valence-corrected chi connectivity index (χ2v) is 6.84. The maximum atomic E-state index is 12.4. The van der Waals surface area contributed by atoms with Gasteiger partial charge in [0.2, 0.25) is 5.91 Å². The molecule has 0 radical (unpaired) electrons. The van der Waals surface area contributed by atoms with Gasteiger partial charge in [0.1, 0.15) is 5.82 Å². The van der Waals surface area contributed by atoms with Gasteiger partial charge in [-0.2, -0.15) is 5.26 Å². The van der Waals surface area contributed by atoms with Crippen molar-refractivity contribution in [1.82, 2.24) is 9.88 Å². The number of pyridine rings is 1. The van der Waals surface area contributed by atoms with Gasteiger partial charge in [0.15, 0.2) is 0 Å². The van der Waals surface area contributed by atoms with Gasteiger partial charge in [-0.1, -0.05) is 18.2 Å². The summed E-state index contributed by atoms with van der Waals surface area (Å²) in [6, 6.07) is 15.5. The molecule has 1 aromatic carbocycles. The molecule has 1 aliphatic heterocycles. The lowest BCUT2D eigenvalue weighted by molar-refractivity contribution is -0.128. The normalized spacial score (nSPS) is 14.2. The van der Waals surface area contributed by atoms with Crippen molar-refractivity contribution in [2.24, 2.45) is 0 Å². The lowest BCUT2D eigenvalue weighted by Crippen LogP contribution is -2.49. The van der Waals surface area contributed by atoms with Gasteiger partial charge in [-0.3, -0.25) is 4.79 Å². The number of hydrogen-bond acceptors (Lipinski definition) is 5. The molecular weight excluding hydrogens is 332 g/mol. The minimum Gasteiger partial charge on any atom is -0.353 e. The Morgan fingerprint density at radius 1 is 1.12 bits per heavy atom. The number of nitriles is 1. The van der Waals surface area contributed by atoms with Crippen LogP contribution in [0.1, 0.15) is 11.1 Å². The van der Waals surface area contributed by atoms with Crippen LogP contribution in [0.4, 0.5) is 5.82 Å². The van der Waals surface area contributed by atoms with E-state index < -0.39 is 0 Å². The van der Waals surface area contributed by atoms with Crippen LogP contribution >= 0.6 is 11.8 Å². The molecule has 1 saturated heterocycles. The number of piperazine rings is 1. The number of carbonyl (C=O) groups is 1. The van der Waals surface area contributed by atoms with E-state index in [0.717, 1.165) is 43.3 Å². The van der Waals surface area contributed by atoms with E-state index in [1.54, 1.807) is 18.0 Å². The molecule has 25 heavy (non-hydrogen) atoms. The zero-order chi connectivity index (χ0) is 17.5. The molecule has 0 bridgehead atoms. The van der Waals surface area contributed by atoms with Crippen molar-refractivity contribution < 1.29 is 4.79 Å². The highest BCUT2D eigenvalue weighted by molar-refractivity contribution is 7.99. The Morgan fingerprint density at radius 2 is 1.88 bits per heavy atom. The van der Waals surface area contributed by atoms with Crippen LogP contribution in [0.3, 0.4) is 0 Å². The van der Waals surface area contributed by atoms with Crippen LogP contribution in [0.2, 0.25) is 0 Å². The van der Waals surface area contributed by atoms with Gasteiger partial charge in [-0.05, 0) is 29.8 Å². The predicted octanol–water partition coefficient (Wildman–Crippen LogP) is 2.54. The number of benzene rings is 1. The van der Waals surface area contributed by atoms with E-state index in [1.165, 1.54) is 0 Å². The lowest BCUT2D eigenvalue weighted by Gasteiger charge is -2.35. The molecule has 0 unspecified atom stereocenters. The van der Waals surface area contributed by atoms with Crippen LogP contribution in [0.15, 0.2) is 48.7 Å². The SMILES string of the molecule is N#Cc1ccc(CSCC(=O)N2CCN(c3ccccn3)CC2)cc1. The molecule has 1 aliphatic rings. The maximum absolute atomic E-state index is 12.4.